The number of ether oxygens (including phenoxy) is 1. The van der Waals surface area contributed by atoms with Crippen LogP contribution in [0.1, 0.15) is 17.4 Å². The highest BCUT2D eigenvalue weighted by Crippen LogP contribution is 2.00. The number of hydrogen-bond acceptors (Lipinski definition) is 3. The maximum absolute atomic E-state index is 11.1. The summed E-state index contributed by atoms with van der Waals surface area (Å²) in [6.45, 7) is 2.26. The molecule has 0 bridgehead atoms. The van der Waals surface area contributed by atoms with Gasteiger partial charge < -0.3 is 9.72 Å². The van der Waals surface area contributed by atoms with Gasteiger partial charge in [-0.05, 0) is 6.92 Å². The normalized spacial score (nSPS) is 12.5. The molecule has 0 aliphatic rings. The number of esters is 1. The zero-order valence-corrected chi connectivity index (χ0v) is 8.17. The lowest BCUT2D eigenvalue weighted by molar-refractivity contribution is 0.0505. The van der Waals surface area contributed by atoms with Crippen LogP contribution in [-0.4, -0.2) is 27.4 Å². The summed E-state index contributed by atoms with van der Waals surface area (Å²) in [5.74, 6) is -0.376. The first-order valence-corrected chi connectivity index (χ1v) is 4.41. The molecule has 1 heterocycles. The maximum atomic E-state index is 11.1. The fourth-order valence-corrected chi connectivity index (χ4v) is 0.768. The van der Waals surface area contributed by atoms with Gasteiger partial charge in [0, 0.05) is 4.83 Å². The van der Waals surface area contributed by atoms with Crippen LogP contribution in [0.4, 0.5) is 0 Å². The van der Waals surface area contributed by atoms with Crippen LogP contribution in [0.25, 0.3) is 0 Å². The number of imidazole rings is 1. The Morgan fingerprint density at radius 2 is 2.67 bits per heavy atom. The minimum absolute atomic E-state index is 0.171. The third-order valence-electron chi connectivity index (χ3n) is 1.16. The van der Waals surface area contributed by atoms with Crippen molar-refractivity contribution in [2.45, 2.75) is 11.8 Å². The van der Waals surface area contributed by atoms with Gasteiger partial charge in [-0.1, -0.05) is 15.9 Å². The first-order chi connectivity index (χ1) is 5.70. The Kier molecular flexibility index (Phi) is 3.28. The topological polar surface area (TPSA) is 55.0 Å². The van der Waals surface area contributed by atoms with Crippen LogP contribution < -0.4 is 0 Å². The number of hydrogen-bond donors (Lipinski definition) is 1. The summed E-state index contributed by atoms with van der Waals surface area (Å²) in [4.78, 5) is 17.6. The summed E-state index contributed by atoms with van der Waals surface area (Å²) in [7, 11) is 0. The number of nitrogens with one attached hydrogen (secondary N) is 1. The number of carbonyl (C=O) groups excluding carboxylic acids is 1. The van der Waals surface area contributed by atoms with Gasteiger partial charge in [0.25, 0.3) is 0 Å². The third-order valence-corrected chi connectivity index (χ3v) is 1.43. The molecule has 1 aromatic heterocycles. The Hall–Kier alpha value is -0.840. The molecule has 12 heavy (non-hydrogen) atoms. The van der Waals surface area contributed by atoms with Gasteiger partial charge in [0.05, 0.1) is 12.5 Å². The number of rotatable bonds is 3. The van der Waals surface area contributed by atoms with E-state index in [4.69, 9.17) is 4.74 Å². The molecule has 1 atom stereocenters. The molecule has 1 aromatic rings. The lowest BCUT2D eigenvalue weighted by Crippen LogP contribution is -2.11. The molecule has 0 radical (unpaired) electrons. The second-order valence-electron chi connectivity index (χ2n) is 2.34. The van der Waals surface area contributed by atoms with Gasteiger partial charge in [-0.2, -0.15) is 0 Å². The number of carbonyl (C=O) groups is 1. The lowest BCUT2D eigenvalue weighted by Gasteiger charge is -2.03. The molecule has 4 nitrogen and oxygen atoms in total. The molecular formula is C7H9BrN2O2. The smallest absolute Gasteiger partial charge is 0.356 e. The van der Waals surface area contributed by atoms with E-state index in [1.54, 1.807) is 0 Å². The quantitative estimate of drug-likeness (QED) is 0.633. The van der Waals surface area contributed by atoms with Crippen molar-refractivity contribution >= 4 is 21.9 Å². The molecule has 0 saturated heterocycles. The van der Waals surface area contributed by atoms with Gasteiger partial charge >= 0.3 is 5.97 Å². The summed E-state index contributed by atoms with van der Waals surface area (Å²) in [6, 6.07) is 0. The maximum Gasteiger partial charge on any atom is 0.356 e. The van der Waals surface area contributed by atoms with Crippen LogP contribution in [0.5, 0.6) is 0 Å². The van der Waals surface area contributed by atoms with Crippen LogP contribution >= 0.6 is 15.9 Å². The van der Waals surface area contributed by atoms with Crippen LogP contribution in [0.3, 0.4) is 0 Å². The highest BCUT2D eigenvalue weighted by molar-refractivity contribution is 9.09. The number of aromatic nitrogens is 2. The van der Waals surface area contributed by atoms with Crippen LogP contribution in [0.15, 0.2) is 12.5 Å². The van der Waals surface area contributed by atoms with Crippen molar-refractivity contribution < 1.29 is 9.53 Å². The van der Waals surface area contributed by atoms with E-state index < -0.39 is 0 Å². The molecule has 1 N–H and O–H groups in total. The standard InChI is InChI=1S/C7H9BrN2O2/c1-5(8)3-12-7(11)6-2-9-4-10-6/h2,4-5H,3H2,1H3,(H,9,10). The highest BCUT2D eigenvalue weighted by atomic mass is 79.9. The SMILES string of the molecule is CC(Br)COC(=O)c1cnc[nH]1. The van der Waals surface area contributed by atoms with E-state index in [1.807, 2.05) is 6.92 Å². The van der Waals surface area contributed by atoms with Crippen LogP contribution in [-0.2, 0) is 4.74 Å². The number of halogens is 1. The van der Waals surface area contributed by atoms with Gasteiger partial charge in [-0.25, -0.2) is 9.78 Å². The van der Waals surface area contributed by atoms with Crippen molar-refractivity contribution in [2.24, 2.45) is 0 Å². The van der Waals surface area contributed by atoms with E-state index in [-0.39, 0.29) is 10.8 Å². The molecule has 1 unspecified atom stereocenters. The Balaban J connectivity index is 2.40. The van der Waals surface area contributed by atoms with E-state index in [0.717, 1.165) is 0 Å². The zero-order chi connectivity index (χ0) is 8.97. The predicted octanol–water partition coefficient (Wildman–Crippen LogP) is 1.35. The molecule has 0 fully saturated rings. The van der Waals surface area contributed by atoms with Gasteiger partial charge in [0.15, 0.2) is 0 Å². The van der Waals surface area contributed by atoms with Crippen molar-refractivity contribution in [3.05, 3.63) is 18.2 Å². The predicted molar refractivity (Wildman–Crippen MR) is 47.3 cm³/mol. The number of alkyl halides is 1. The molecule has 0 aliphatic carbocycles. The molecule has 1 rings (SSSR count). The van der Waals surface area contributed by atoms with Crippen LogP contribution in [0, 0.1) is 0 Å². The zero-order valence-electron chi connectivity index (χ0n) is 6.58. The summed E-state index contributed by atoms with van der Waals surface area (Å²) in [6.07, 6.45) is 2.87. The van der Waals surface area contributed by atoms with E-state index in [2.05, 4.69) is 25.9 Å². The largest absolute Gasteiger partial charge is 0.460 e. The second kappa shape index (κ2) is 4.25. The fraction of sp³-hybridized carbons (Fsp3) is 0.429. The molecule has 0 amide bonds. The minimum atomic E-state index is -0.376. The summed E-state index contributed by atoms with van der Waals surface area (Å²) >= 11 is 3.26. The van der Waals surface area contributed by atoms with Crippen LogP contribution in [0.2, 0.25) is 0 Å². The Morgan fingerprint density at radius 1 is 1.92 bits per heavy atom. The van der Waals surface area contributed by atoms with Gasteiger partial charge in [0.1, 0.15) is 12.3 Å². The van der Waals surface area contributed by atoms with Crippen molar-refractivity contribution in [1.82, 2.24) is 9.97 Å². The van der Waals surface area contributed by atoms with E-state index in [9.17, 15) is 4.79 Å². The number of aromatic amines is 1. The summed E-state index contributed by atoms with van der Waals surface area (Å²) < 4.78 is 4.89. The molecule has 0 spiro atoms. The Labute approximate surface area is 78.5 Å². The van der Waals surface area contributed by atoms with E-state index >= 15 is 0 Å². The first kappa shape index (κ1) is 9.25. The average molecular weight is 233 g/mol. The van der Waals surface area contributed by atoms with Crippen molar-refractivity contribution in [2.75, 3.05) is 6.61 Å². The van der Waals surface area contributed by atoms with Crippen molar-refractivity contribution in [3.8, 4) is 0 Å². The summed E-state index contributed by atoms with van der Waals surface area (Å²) in [5.41, 5.74) is 0.378. The molecule has 5 heteroatoms. The number of H-pyrrole nitrogens is 1. The van der Waals surface area contributed by atoms with E-state index in [0.29, 0.717) is 12.3 Å². The van der Waals surface area contributed by atoms with Gasteiger partial charge in [0.2, 0.25) is 0 Å². The van der Waals surface area contributed by atoms with Crippen molar-refractivity contribution in [1.29, 1.82) is 0 Å². The molecule has 66 valence electrons. The molecule has 0 aromatic carbocycles. The van der Waals surface area contributed by atoms with Crippen molar-refractivity contribution in [3.63, 3.8) is 0 Å². The van der Waals surface area contributed by atoms with E-state index in [1.165, 1.54) is 12.5 Å². The average Bonchev–Trinajstić information content (AvgIpc) is 2.51. The monoisotopic (exact) mass is 232 g/mol. The highest BCUT2D eigenvalue weighted by Gasteiger charge is 2.08. The molecule has 0 saturated carbocycles. The lowest BCUT2D eigenvalue weighted by atomic mass is 10.5. The number of nitrogens with zero attached hydrogens (tertiary/aromatic N) is 1. The van der Waals surface area contributed by atoms with Gasteiger partial charge in [-0.15, -0.1) is 0 Å². The summed E-state index contributed by atoms with van der Waals surface area (Å²) in [5, 5.41) is 0. The molecule has 0 aliphatic heterocycles. The fourth-order valence-electron chi connectivity index (χ4n) is 0.636. The van der Waals surface area contributed by atoms with Gasteiger partial charge in [-0.3, -0.25) is 0 Å². The second-order valence-corrected chi connectivity index (χ2v) is 3.91. The Morgan fingerprint density at radius 3 is 3.17 bits per heavy atom. The first-order valence-electron chi connectivity index (χ1n) is 3.49. The Bertz CT molecular complexity index is 246. The minimum Gasteiger partial charge on any atom is -0.460 e. The molecular weight excluding hydrogens is 224 g/mol. The third kappa shape index (κ3) is 2.65.